The van der Waals surface area contributed by atoms with Gasteiger partial charge in [-0.1, -0.05) is 91.3 Å². The van der Waals surface area contributed by atoms with Crippen molar-refractivity contribution >= 4 is 47.1 Å². The van der Waals surface area contributed by atoms with Gasteiger partial charge < -0.3 is 58.7 Å². The number of halogens is 2. The van der Waals surface area contributed by atoms with Crippen LogP contribution >= 0.6 is 24.0 Å². The molecule has 16 heteroatoms. The normalized spacial score (nSPS) is 35.7. The van der Waals surface area contributed by atoms with Gasteiger partial charge in [0.05, 0.1) is 47.8 Å². The molecule has 0 aromatic heterocycles. The topological polar surface area (TPSA) is 171 Å². The second kappa shape index (κ2) is 27.6. The predicted molar refractivity (Wildman–Crippen MR) is 299 cm³/mol. The van der Waals surface area contributed by atoms with Crippen LogP contribution in [0.15, 0.2) is 54.6 Å². The summed E-state index contributed by atoms with van der Waals surface area (Å²) < 4.78 is 33.4. The molecule has 0 aliphatic carbocycles. The number of carbonyl (C=O) groups excluding carboxylic acids is 2. The van der Waals surface area contributed by atoms with E-state index < -0.39 is 82.9 Å². The number of aliphatic hydroxyl groups is 3. The summed E-state index contributed by atoms with van der Waals surface area (Å²) >= 11 is 6.27. The summed E-state index contributed by atoms with van der Waals surface area (Å²) in [5.41, 5.74) is 3.80. The van der Waals surface area contributed by atoms with Crippen molar-refractivity contribution in [3.63, 3.8) is 0 Å². The number of aliphatic carboxylic acids is 1. The fraction of sp³-hybridized carbons (Fsp3) is 0.738. The third kappa shape index (κ3) is 14.2. The predicted octanol–water partition coefficient (Wildman–Crippen LogP) is 6.81. The van der Waals surface area contributed by atoms with E-state index in [2.05, 4.69) is 81.1 Å². The molecule has 18 unspecified atom stereocenters. The van der Waals surface area contributed by atoms with Crippen molar-refractivity contribution in [2.75, 3.05) is 32.1 Å². The molecule has 6 aliphatic heterocycles. The molecule has 8 rings (SSSR count). The van der Waals surface area contributed by atoms with E-state index in [0.29, 0.717) is 57.8 Å². The number of aryl methyl sites for hydroxylation is 2. The minimum atomic E-state index is -1.37. The second-order valence-electron chi connectivity index (χ2n) is 24.1. The Labute approximate surface area is 494 Å². The Morgan fingerprint density at radius 3 is 2.19 bits per heavy atom. The van der Waals surface area contributed by atoms with Crippen molar-refractivity contribution < 1.29 is 83.3 Å². The average molecular weight is 1120 g/mol. The summed E-state index contributed by atoms with van der Waals surface area (Å²) in [6.45, 7) is 21.6. The van der Waals surface area contributed by atoms with Crippen LogP contribution in [0.5, 0.6) is 0 Å². The molecule has 0 radical (unpaired) electrons. The van der Waals surface area contributed by atoms with E-state index in [1.165, 1.54) is 22.5 Å². The van der Waals surface area contributed by atoms with Crippen molar-refractivity contribution in [3.8, 4) is 0 Å². The Balaban J connectivity index is 0.000000380. The van der Waals surface area contributed by atoms with Crippen molar-refractivity contribution in [1.29, 1.82) is 0 Å². The molecule has 2 spiro atoms. The van der Waals surface area contributed by atoms with E-state index in [0.717, 1.165) is 43.8 Å². The molecule has 6 heterocycles. The Hall–Kier alpha value is -1.66. The van der Waals surface area contributed by atoms with Gasteiger partial charge in [-0.3, -0.25) is 4.79 Å². The molecule has 6 aliphatic rings. The first-order valence-corrected chi connectivity index (χ1v) is 29.0. The second-order valence-corrected chi connectivity index (χ2v) is 24.5. The van der Waals surface area contributed by atoms with Gasteiger partial charge in [0.2, 0.25) is 5.79 Å². The molecule has 428 valence electrons. The van der Waals surface area contributed by atoms with Gasteiger partial charge in [-0.2, -0.15) is 0 Å². The molecule has 4 fully saturated rings. The van der Waals surface area contributed by atoms with Crippen LogP contribution in [-0.2, 0) is 46.1 Å². The number of rotatable bonds is 16. The molecule has 0 amide bonds. The quantitative estimate of drug-likeness (QED) is 0.119. The molecule has 2 aromatic rings. The fourth-order valence-electron chi connectivity index (χ4n) is 13.6. The summed E-state index contributed by atoms with van der Waals surface area (Å²) in [4.78, 5) is 30.9. The van der Waals surface area contributed by atoms with Crippen LogP contribution in [0.1, 0.15) is 151 Å². The van der Waals surface area contributed by atoms with Crippen LogP contribution in [0.2, 0.25) is 5.02 Å². The standard InChI is InChI=1S/C42H70O11.C19H23ClN2.ClH.Na/c1-11-29(38(46)47)31-15-14-23(4)36(50-31)27(8)34(44)26(7)35(45)30(12-2)37-24(5)22-25(6)41(51-37)19-16-32(43)42(53-41)21-20-39(10,52-42)33-17-18-40(48,13-3)28(9)49-33;1-21(2)12-5-13-22-18-7-4-3-6-15(18)8-9-16-10-11-17(20)14-19(16)22;;/h16,19,23-34,36-37,43-44,48H,11-15,17-18,20-22H2,1-10H3,(H,46,47);3-4,6-7,10-11,14H,5,8-9,12-13H2,1-2H3;1H;/q;;;+1/p-1. The number of carbonyl (C=O) groups is 2. The molecule has 13 nitrogen and oxygen atoms in total. The number of hydrogen-bond acceptors (Lipinski definition) is 13. The molecule has 77 heavy (non-hydrogen) atoms. The zero-order valence-electron chi connectivity index (χ0n) is 48.7. The van der Waals surface area contributed by atoms with Gasteiger partial charge in [0.25, 0.3) is 0 Å². The molecule has 3 N–H and O–H groups in total. The minimum absolute atomic E-state index is 0. The Bertz CT molecular complexity index is 2300. The monoisotopic (exact) mass is 1120 g/mol. The molecular weight excluding hydrogens is 1030 g/mol. The number of benzene rings is 2. The molecule has 0 saturated carbocycles. The van der Waals surface area contributed by atoms with Crippen molar-refractivity contribution in [2.24, 2.45) is 41.4 Å². The number of carboxylic acid groups (broad SMARTS) is 1. The summed E-state index contributed by atoms with van der Waals surface area (Å²) in [5, 5.41) is 46.8. The number of hydrogen-bond donors (Lipinski definition) is 3. The van der Waals surface area contributed by atoms with Gasteiger partial charge in [0.15, 0.2) is 5.79 Å². The van der Waals surface area contributed by atoms with Gasteiger partial charge in [0.1, 0.15) is 11.9 Å². The Morgan fingerprint density at radius 2 is 1.56 bits per heavy atom. The zero-order valence-corrected chi connectivity index (χ0v) is 52.2. The molecule has 4 saturated heterocycles. The van der Waals surface area contributed by atoms with E-state index in [9.17, 15) is 30.0 Å². The number of ether oxygens (including phenoxy) is 5. The Kier molecular flexibility index (Phi) is 23.7. The fourth-order valence-corrected chi connectivity index (χ4v) is 13.8. The number of Topliss-reactive ketones (excluding diaryl/α,β-unsaturated/α-hetero) is 1. The maximum Gasteiger partial charge on any atom is 1.00 e. The van der Waals surface area contributed by atoms with E-state index in [1.807, 2.05) is 47.6 Å². The third-order valence-corrected chi connectivity index (χ3v) is 18.9. The third-order valence-electron chi connectivity index (χ3n) is 18.7. The van der Waals surface area contributed by atoms with Gasteiger partial charge in [-0.25, -0.2) is 0 Å². The SMILES string of the molecule is CCC(C(=O)[O-])C1CCC(C)C(C(C)C(O)C(C)C(=O)C(CC)C2OC3(C=CC(O)C4(CCC(C)(C5CCC(O)(CC)C(C)O5)O4)O3)C(C)CC2C)O1.CN(C)CCCN1c2ccccc2CCc2ccc(Cl)cc21.Cl.[Na+]. The molecular formula is C61H93Cl2N2NaO11. The zero-order chi connectivity index (χ0) is 54.8. The van der Waals surface area contributed by atoms with E-state index in [1.54, 1.807) is 19.1 Å². The number of nitrogens with zero attached hydrogens (tertiary/aromatic N) is 2. The maximum absolute atomic E-state index is 14.4. The smallest absolute Gasteiger partial charge is 0.550 e. The maximum atomic E-state index is 14.4. The van der Waals surface area contributed by atoms with Crippen LogP contribution in [0, 0.1) is 41.4 Å². The average Bonchev–Trinajstić information content (AvgIpc) is 3.64. The van der Waals surface area contributed by atoms with E-state index >= 15 is 0 Å². The number of carboxylic acids is 1. The minimum Gasteiger partial charge on any atom is -0.550 e. The first kappa shape index (κ1) is 66.1. The number of fused-ring (bicyclic) bond motifs is 2. The van der Waals surface area contributed by atoms with Crippen LogP contribution in [0.4, 0.5) is 11.4 Å². The van der Waals surface area contributed by atoms with Gasteiger partial charge in [0, 0.05) is 64.9 Å². The summed E-state index contributed by atoms with van der Waals surface area (Å²) in [6, 6.07) is 15.1. The van der Waals surface area contributed by atoms with Crippen molar-refractivity contribution in [3.05, 3.63) is 70.8 Å². The molecule has 0 bridgehead atoms. The van der Waals surface area contributed by atoms with Gasteiger partial charge >= 0.3 is 29.6 Å². The first-order chi connectivity index (χ1) is 35.5. The van der Waals surface area contributed by atoms with Crippen molar-refractivity contribution in [1.82, 2.24) is 4.90 Å². The largest absolute Gasteiger partial charge is 1.00 e. The number of para-hydroxylation sites is 1. The van der Waals surface area contributed by atoms with E-state index in [4.69, 9.17) is 35.3 Å². The molecule has 18 atom stereocenters. The van der Waals surface area contributed by atoms with Gasteiger partial charge in [-0.15, -0.1) is 12.4 Å². The summed E-state index contributed by atoms with van der Waals surface area (Å²) in [6.07, 6.45) is 8.52. The van der Waals surface area contributed by atoms with E-state index in [-0.39, 0.29) is 77.7 Å². The van der Waals surface area contributed by atoms with Crippen LogP contribution in [0.25, 0.3) is 0 Å². The van der Waals surface area contributed by atoms with Crippen LogP contribution in [-0.4, -0.2) is 125 Å². The van der Waals surface area contributed by atoms with Crippen LogP contribution < -0.4 is 39.6 Å². The van der Waals surface area contributed by atoms with Crippen molar-refractivity contribution in [2.45, 2.75) is 218 Å². The summed E-state index contributed by atoms with van der Waals surface area (Å²) in [7, 11) is 4.25. The first-order valence-electron chi connectivity index (χ1n) is 28.7. The van der Waals surface area contributed by atoms with Crippen LogP contribution in [0.3, 0.4) is 0 Å². The summed E-state index contributed by atoms with van der Waals surface area (Å²) in [5.74, 6) is -6.24. The van der Waals surface area contributed by atoms with Gasteiger partial charge in [-0.05, 0) is 165 Å². The number of anilines is 2. The number of ketones is 1. The number of aliphatic hydroxyl groups excluding tert-OH is 2. The Morgan fingerprint density at radius 1 is 0.883 bits per heavy atom. The molecule has 2 aromatic carbocycles.